The maximum atomic E-state index is 12.7. The number of hydroxylamine groups is 3. The Kier molecular flexibility index (Phi) is 5.95. The van der Waals surface area contributed by atoms with Gasteiger partial charge in [0.1, 0.15) is 0 Å². The van der Waals surface area contributed by atoms with Crippen LogP contribution in [0.3, 0.4) is 0 Å². The van der Waals surface area contributed by atoms with Crippen LogP contribution in [0.25, 0.3) is 0 Å². The van der Waals surface area contributed by atoms with Crippen LogP contribution in [0.1, 0.15) is 49.9 Å². The summed E-state index contributed by atoms with van der Waals surface area (Å²) in [6.07, 6.45) is 6.49. The topological polar surface area (TPSA) is 53.0 Å². The number of hydrogen-bond acceptors (Lipinski definition) is 3. The molecule has 0 N–H and O–H groups in total. The Balaban J connectivity index is 2.84. The van der Waals surface area contributed by atoms with Crippen LogP contribution in [0.15, 0.2) is 24.5 Å². The predicted octanol–water partition coefficient (Wildman–Crippen LogP) is 3.14. The number of pyridine rings is 1. The minimum Gasteiger partial charge on any atom is -0.625 e. The van der Waals surface area contributed by atoms with Crippen molar-refractivity contribution in [1.82, 2.24) is 4.98 Å². The van der Waals surface area contributed by atoms with Crippen molar-refractivity contribution >= 4 is 5.91 Å². The Labute approximate surface area is 109 Å². The Morgan fingerprint density at radius 3 is 2.33 bits per heavy atom. The smallest absolute Gasteiger partial charge is 0.347 e. The number of amides is 1. The molecule has 4 nitrogen and oxygen atoms in total. The van der Waals surface area contributed by atoms with Gasteiger partial charge in [0, 0.05) is 12.4 Å². The third kappa shape index (κ3) is 3.89. The number of quaternary nitrogens is 1. The van der Waals surface area contributed by atoms with E-state index < -0.39 is 4.65 Å². The number of hydrogen-bond donors (Lipinski definition) is 0. The molecule has 1 aromatic rings. The maximum Gasteiger partial charge on any atom is 0.347 e. The zero-order valence-electron chi connectivity index (χ0n) is 11.3. The molecule has 1 heterocycles. The van der Waals surface area contributed by atoms with Crippen molar-refractivity contribution in [3.8, 4) is 0 Å². The van der Waals surface area contributed by atoms with Crippen LogP contribution in [0.5, 0.6) is 0 Å². The summed E-state index contributed by atoms with van der Waals surface area (Å²) in [4.78, 5) is 16.2. The van der Waals surface area contributed by atoms with Crippen molar-refractivity contribution in [3.63, 3.8) is 0 Å². The minimum atomic E-state index is -0.743. The fourth-order valence-electron chi connectivity index (χ4n) is 1.87. The van der Waals surface area contributed by atoms with Gasteiger partial charge in [0.15, 0.2) is 0 Å². The van der Waals surface area contributed by atoms with E-state index in [9.17, 15) is 10.0 Å². The van der Waals surface area contributed by atoms with E-state index in [-0.39, 0.29) is 5.91 Å². The summed E-state index contributed by atoms with van der Waals surface area (Å²) in [5.41, 5.74) is 0.416. The highest BCUT2D eigenvalue weighted by Gasteiger charge is 2.27. The van der Waals surface area contributed by atoms with Crippen LogP contribution in [0, 0.1) is 5.21 Å². The molecule has 0 aliphatic carbocycles. The van der Waals surface area contributed by atoms with E-state index in [1.54, 1.807) is 18.3 Å². The van der Waals surface area contributed by atoms with Crippen LogP contribution >= 0.6 is 0 Å². The highest BCUT2D eigenvalue weighted by molar-refractivity contribution is 5.88. The van der Waals surface area contributed by atoms with E-state index in [1.807, 2.05) is 13.8 Å². The third-order valence-corrected chi connectivity index (χ3v) is 3.02. The summed E-state index contributed by atoms with van der Waals surface area (Å²) in [6.45, 7) is 4.78. The van der Waals surface area contributed by atoms with Crippen molar-refractivity contribution in [2.75, 3.05) is 13.1 Å². The molecule has 4 heteroatoms. The van der Waals surface area contributed by atoms with Gasteiger partial charge in [0.05, 0.1) is 18.7 Å². The zero-order chi connectivity index (χ0) is 13.4. The number of aromatic nitrogens is 1. The van der Waals surface area contributed by atoms with E-state index in [0.29, 0.717) is 18.7 Å². The van der Waals surface area contributed by atoms with Crippen LogP contribution in [0.4, 0.5) is 0 Å². The fourth-order valence-corrected chi connectivity index (χ4v) is 1.87. The molecule has 0 aliphatic heterocycles. The molecule has 100 valence electrons. The largest absolute Gasteiger partial charge is 0.625 e. The first-order valence-electron chi connectivity index (χ1n) is 6.67. The summed E-state index contributed by atoms with van der Waals surface area (Å²) in [5.74, 6) is -0.356. The average molecular weight is 250 g/mol. The quantitative estimate of drug-likeness (QED) is 0.552. The molecule has 1 aromatic heterocycles. The molecule has 0 fully saturated rings. The van der Waals surface area contributed by atoms with Crippen molar-refractivity contribution in [1.29, 1.82) is 0 Å². The predicted molar refractivity (Wildman–Crippen MR) is 71.7 cm³/mol. The van der Waals surface area contributed by atoms with E-state index in [2.05, 4.69) is 4.98 Å². The van der Waals surface area contributed by atoms with Crippen molar-refractivity contribution in [2.24, 2.45) is 0 Å². The molecule has 0 atom stereocenters. The lowest BCUT2D eigenvalue weighted by molar-refractivity contribution is -0.798. The van der Waals surface area contributed by atoms with Gasteiger partial charge in [-0.1, -0.05) is 26.7 Å². The number of rotatable bonds is 7. The normalized spacial score (nSPS) is 11.5. The first kappa shape index (κ1) is 14.8. The van der Waals surface area contributed by atoms with Gasteiger partial charge in [-0.25, -0.2) is 4.79 Å². The lowest BCUT2D eigenvalue weighted by Gasteiger charge is -2.39. The van der Waals surface area contributed by atoms with Gasteiger partial charge in [-0.15, -0.1) is 0 Å². The van der Waals surface area contributed by atoms with Crippen molar-refractivity contribution < 1.29 is 9.44 Å². The van der Waals surface area contributed by atoms with Gasteiger partial charge in [-0.3, -0.25) is 9.63 Å². The number of unbranched alkanes of at least 4 members (excludes halogenated alkanes) is 2. The second-order valence-corrected chi connectivity index (χ2v) is 4.59. The second-order valence-electron chi connectivity index (χ2n) is 4.59. The van der Waals surface area contributed by atoms with Gasteiger partial charge in [0.25, 0.3) is 0 Å². The van der Waals surface area contributed by atoms with Gasteiger partial charge in [0.2, 0.25) is 0 Å². The van der Waals surface area contributed by atoms with E-state index in [0.717, 1.165) is 25.7 Å². The summed E-state index contributed by atoms with van der Waals surface area (Å²) in [7, 11) is 0. The monoisotopic (exact) mass is 250 g/mol. The SMILES string of the molecule is CCCC[N+]([O-])(CCCC)C(=O)c1cccnc1. The van der Waals surface area contributed by atoms with Crippen LogP contribution in [-0.4, -0.2) is 28.6 Å². The van der Waals surface area contributed by atoms with Gasteiger partial charge < -0.3 is 5.21 Å². The third-order valence-electron chi connectivity index (χ3n) is 3.02. The molecule has 0 radical (unpaired) electrons. The molecule has 0 bridgehead atoms. The molecule has 0 aromatic carbocycles. The molecule has 0 saturated carbocycles. The van der Waals surface area contributed by atoms with Gasteiger partial charge >= 0.3 is 5.91 Å². The Morgan fingerprint density at radius 2 is 1.89 bits per heavy atom. The number of nitrogens with zero attached hydrogens (tertiary/aromatic N) is 2. The number of carbonyl (C=O) groups excluding carboxylic acids is 1. The summed E-state index contributed by atoms with van der Waals surface area (Å²) >= 11 is 0. The summed E-state index contributed by atoms with van der Waals surface area (Å²) < 4.78 is -0.743. The highest BCUT2D eigenvalue weighted by Crippen LogP contribution is 2.16. The van der Waals surface area contributed by atoms with Crippen LogP contribution < -0.4 is 0 Å². The Morgan fingerprint density at radius 1 is 1.28 bits per heavy atom. The lowest BCUT2D eigenvalue weighted by Crippen LogP contribution is -2.49. The first-order valence-corrected chi connectivity index (χ1v) is 6.67. The maximum absolute atomic E-state index is 12.7. The molecule has 0 aliphatic rings. The standard InChI is InChI=1S/C14H22N2O2/c1-3-5-10-16(18,11-6-4-2)14(17)13-8-7-9-15-12-13/h7-9,12H,3-6,10-11H2,1-2H3. The Bertz CT molecular complexity index is 357. The molecular formula is C14H22N2O2. The van der Waals surface area contributed by atoms with Crippen molar-refractivity contribution in [2.45, 2.75) is 39.5 Å². The van der Waals surface area contributed by atoms with E-state index in [1.165, 1.54) is 6.20 Å². The summed E-state index contributed by atoms with van der Waals surface area (Å²) in [6, 6.07) is 3.36. The van der Waals surface area contributed by atoms with Gasteiger partial charge in [-0.05, 0) is 25.0 Å². The molecule has 1 amide bonds. The number of carbonyl (C=O) groups is 1. The average Bonchev–Trinajstić information content (AvgIpc) is 2.43. The van der Waals surface area contributed by atoms with E-state index in [4.69, 9.17) is 0 Å². The van der Waals surface area contributed by atoms with Crippen LogP contribution in [-0.2, 0) is 0 Å². The molecule has 1 rings (SSSR count). The Hall–Kier alpha value is -1.26. The van der Waals surface area contributed by atoms with Gasteiger partial charge in [-0.2, -0.15) is 0 Å². The molecule has 0 unspecified atom stereocenters. The molecule has 18 heavy (non-hydrogen) atoms. The molecule has 0 saturated heterocycles. The zero-order valence-corrected chi connectivity index (χ0v) is 11.3. The highest BCUT2D eigenvalue weighted by atomic mass is 16.6. The van der Waals surface area contributed by atoms with Crippen molar-refractivity contribution in [3.05, 3.63) is 35.3 Å². The second kappa shape index (κ2) is 7.24. The molecular weight excluding hydrogens is 228 g/mol. The summed E-state index contributed by atoms with van der Waals surface area (Å²) in [5, 5.41) is 12.7. The minimum absolute atomic E-state index is 0.356. The van der Waals surface area contributed by atoms with Crippen LogP contribution in [0.2, 0.25) is 0 Å². The lowest BCUT2D eigenvalue weighted by atomic mass is 10.2. The van der Waals surface area contributed by atoms with E-state index >= 15 is 0 Å². The fraction of sp³-hybridized carbons (Fsp3) is 0.571. The molecule has 0 spiro atoms. The first-order chi connectivity index (χ1) is 8.64.